The van der Waals surface area contributed by atoms with Crippen LogP contribution in [0.15, 0.2) is 0 Å². The molecule has 1 N–H and O–H groups in total. The van der Waals surface area contributed by atoms with Crippen LogP contribution in [0, 0.1) is 5.92 Å². The largest absolute Gasteiger partial charge is 0.389 e. The fourth-order valence-corrected chi connectivity index (χ4v) is 2.65. The van der Waals surface area contributed by atoms with E-state index in [-0.39, 0.29) is 12.5 Å². The molecule has 1 aliphatic carbocycles. The zero-order valence-electron chi connectivity index (χ0n) is 9.95. The van der Waals surface area contributed by atoms with Crippen molar-refractivity contribution in [2.24, 2.45) is 5.92 Å². The van der Waals surface area contributed by atoms with E-state index in [0.29, 0.717) is 5.92 Å². The van der Waals surface area contributed by atoms with Gasteiger partial charge >= 0.3 is 6.18 Å². The Morgan fingerprint density at radius 2 is 1.69 bits per heavy atom. The molecule has 0 heterocycles. The Morgan fingerprint density at radius 3 is 2.12 bits per heavy atom. The summed E-state index contributed by atoms with van der Waals surface area (Å²) in [6.07, 6.45) is 2.56. The first-order chi connectivity index (χ1) is 7.53. The summed E-state index contributed by atoms with van der Waals surface area (Å²) >= 11 is 0. The van der Waals surface area contributed by atoms with E-state index in [1.54, 1.807) is 7.05 Å². The SMILES string of the molecule is CNC(CCC(F)(F)F)C1CCCCCC1. The van der Waals surface area contributed by atoms with E-state index in [1.807, 2.05) is 0 Å². The van der Waals surface area contributed by atoms with E-state index in [4.69, 9.17) is 0 Å². The third-order valence-corrected chi connectivity index (χ3v) is 3.58. The molecule has 0 aromatic heterocycles. The average Bonchev–Trinajstić information content (AvgIpc) is 2.46. The number of halogens is 3. The van der Waals surface area contributed by atoms with Gasteiger partial charge in [-0.15, -0.1) is 0 Å². The highest BCUT2D eigenvalue weighted by molar-refractivity contribution is 4.78. The summed E-state index contributed by atoms with van der Waals surface area (Å²) in [4.78, 5) is 0. The molecule has 4 heteroatoms. The number of hydrogen-bond donors (Lipinski definition) is 1. The molecule has 0 aromatic rings. The molecule has 0 bridgehead atoms. The van der Waals surface area contributed by atoms with E-state index in [0.717, 1.165) is 12.8 Å². The van der Waals surface area contributed by atoms with Crippen molar-refractivity contribution in [3.05, 3.63) is 0 Å². The summed E-state index contributed by atoms with van der Waals surface area (Å²) in [7, 11) is 1.78. The molecule has 0 radical (unpaired) electrons. The molecular weight excluding hydrogens is 215 g/mol. The van der Waals surface area contributed by atoms with Crippen molar-refractivity contribution in [3.8, 4) is 0 Å². The normalized spacial score (nSPS) is 21.8. The predicted molar refractivity (Wildman–Crippen MR) is 59.3 cm³/mol. The van der Waals surface area contributed by atoms with Crippen molar-refractivity contribution in [2.75, 3.05) is 7.05 Å². The monoisotopic (exact) mass is 237 g/mol. The predicted octanol–water partition coefficient (Wildman–Crippen LogP) is 3.89. The molecule has 1 atom stereocenters. The van der Waals surface area contributed by atoms with Gasteiger partial charge in [-0.1, -0.05) is 25.7 Å². The maximum atomic E-state index is 12.2. The molecule has 16 heavy (non-hydrogen) atoms. The van der Waals surface area contributed by atoms with Crippen molar-refractivity contribution in [2.45, 2.75) is 63.6 Å². The summed E-state index contributed by atoms with van der Waals surface area (Å²) in [5.41, 5.74) is 0. The minimum atomic E-state index is -4.01. The summed E-state index contributed by atoms with van der Waals surface area (Å²) in [6.45, 7) is 0. The van der Waals surface area contributed by atoms with Crippen molar-refractivity contribution in [3.63, 3.8) is 0 Å². The second kappa shape index (κ2) is 6.48. The Labute approximate surface area is 95.8 Å². The van der Waals surface area contributed by atoms with Gasteiger partial charge in [0.05, 0.1) is 0 Å². The summed E-state index contributed by atoms with van der Waals surface area (Å²) in [5, 5.41) is 3.07. The molecule has 0 amide bonds. The fraction of sp³-hybridized carbons (Fsp3) is 1.00. The zero-order chi connectivity index (χ0) is 12.0. The van der Waals surface area contributed by atoms with E-state index in [1.165, 1.54) is 25.7 Å². The van der Waals surface area contributed by atoms with Gasteiger partial charge in [-0.2, -0.15) is 13.2 Å². The number of alkyl halides is 3. The number of hydrogen-bond acceptors (Lipinski definition) is 1. The zero-order valence-corrected chi connectivity index (χ0v) is 9.95. The smallest absolute Gasteiger partial charge is 0.317 e. The third-order valence-electron chi connectivity index (χ3n) is 3.58. The number of rotatable bonds is 4. The Balaban J connectivity index is 2.39. The third kappa shape index (κ3) is 5.19. The molecule has 1 saturated carbocycles. The van der Waals surface area contributed by atoms with Crippen LogP contribution < -0.4 is 5.32 Å². The lowest BCUT2D eigenvalue weighted by atomic mass is 9.89. The first-order valence-corrected chi connectivity index (χ1v) is 6.27. The van der Waals surface area contributed by atoms with Gasteiger partial charge in [-0.05, 0) is 32.2 Å². The number of nitrogens with one attached hydrogen (secondary N) is 1. The molecule has 1 nitrogen and oxygen atoms in total. The van der Waals surface area contributed by atoms with Crippen LogP contribution in [0.5, 0.6) is 0 Å². The Kier molecular flexibility index (Phi) is 5.59. The van der Waals surface area contributed by atoms with Gasteiger partial charge in [-0.3, -0.25) is 0 Å². The van der Waals surface area contributed by atoms with Gasteiger partial charge in [0.15, 0.2) is 0 Å². The molecule has 0 spiro atoms. The van der Waals surface area contributed by atoms with Crippen molar-refractivity contribution in [1.82, 2.24) is 5.32 Å². The average molecular weight is 237 g/mol. The van der Waals surface area contributed by atoms with Gasteiger partial charge in [0.1, 0.15) is 0 Å². The van der Waals surface area contributed by atoms with Gasteiger partial charge in [0.2, 0.25) is 0 Å². The molecule has 1 aliphatic rings. The molecule has 96 valence electrons. The second-order valence-corrected chi connectivity index (χ2v) is 4.80. The van der Waals surface area contributed by atoms with Crippen LogP contribution in [-0.4, -0.2) is 19.3 Å². The van der Waals surface area contributed by atoms with Crippen molar-refractivity contribution in [1.29, 1.82) is 0 Å². The standard InChI is InChI=1S/C12H22F3N/c1-16-11(8-9-12(13,14)15)10-6-4-2-3-5-7-10/h10-11,16H,2-9H2,1H3. The maximum Gasteiger partial charge on any atom is 0.389 e. The highest BCUT2D eigenvalue weighted by Gasteiger charge is 2.30. The summed E-state index contributed by atoms with van der Waals surface area (Å²) < 4.78 is 36.5. The lowest BCUT2D eigenvalue weighted by Crippen LogP contribution is -2.34. The molecular formula is C12H22F3N. The molecule has 1 unspecified atom stereocenters. The quantitative estimate of drug-likeness (QED) is 0.731. The highest BCUT2D eigenvalue weighted by atomic mass is 19.4. The fourth-order valence-electron chi connectivity index (χ4n) is 2.65. The van der Waals surface area contributed by atoms with Gasteiger partial charge in [0, 0.05) is 12.5 Å². The highest BCUT2D eigenvalue weighted by Crippen LogP contribution is 2.30. The van der Waals surface area contributed by atoms with Gasteiger partial charge < -0.3 is 5.32 Å². The lowest BCUT2D eigenvalue weighted by molar-refractivity contribution is -0.137. The molecule has 1 rings (SSSR count). The van der Waals surface area contributed by atoms with Crippen LogP contribution in [0.1, 0.15) is 51.4 Å². The first kappa shape index (κ1) is 13.8. The van der Waals surface area contributed by atoms with Crippen LogP contribution in [0.4, 0.5) is 13.2 Å². The van der Waals surface area contributed by atoms with Crippen LogP contribution in [-0.2, 0) is 0 Å². The summed E-state index contributed by atoms with van der Waals surface area (Å²) in [5.74, 6) is 0.440. The van der Waals surface area contributed by atoms with E-state index in [2.05, 4.69) is 5.32 Å². The lowest BCUT2D eigenvalue weighted by Gasteiger charge is -2.26. The van der Waals surface area contributed by atoms with Crippen LogP contribution in [0.3, 0.4) is 0 Å². The van der Waals surface area contributed by atoms with Crippen molar-refractivity contribution >= 4 is 0 Å². The minimum Gasteiger partial charge on any atom is -0.317 e. The molecule has 1 fully saturated rings. The Hall–Kier alpha value is -0.250. The molecule has 0 aliphatic heterocycles. The van der Waals surface area contributed by atoms with Gasteiger partial charge in [0.25, 0.3) is 0 Å². The van der Waals surface area contributed by atoms with E-state index < -0.39 is 12.6 Å². The Bertz CT molecular complexity index is 183. The minimum absolute atomic E-state index is 0.0414. The van der Waals surface area contributed by atoms with Crippen LogP contribution in [0.2, 0.25) is 0 Å². The van der Waals surface area contributed by atoms with Gasteiger partial charge in [-0.25, -0.2) is 0 Å². The molecule has 0 saturated heterocycles. The second-order valence-electron chi connectivity index (χ2n) is 4.80. The first-order valence-electron chi connectivity index (χ1n) is 6.27. The van der Waals surface area contributed by atoms with Crippen molar-refractivity contribution < 1.29 is 13.2 Å². The Morgan fingerprint density at radius 1 is 1.12 bits per heavy atom. The van der Waals surface area contributed by atoms with Crippen LogP contribution >= 0.6 is 0 Å². The molecule has 0 aromatic carbocycles. The van der Waals surface area contributed by atoms with E-state index >= 15 is 0 Å². The summed E-state index contributed by atoms with van der Waals surface area (Å²) in [6, 6.07) is 0.0414. The maximum absolute atomic E-state index is 12.2. The van der Waals surface area contributed by atoms with Crippen LogP contribution in [0.25, 0.3) is 0 Å². The topological polar surface area (TPSA) is 12.0 Å². The van der Waals surface area contributed by atoms with E-state index in [9.17, 15) is 13.2 Å².